The van der Waals surface area contributed by atoms with Gasteiger partial charge in [-0.15, -0.1) is 0 Å². The van der Waals surface area contributed by atoms with Crippen LogP contribution in [0.25, 0.3) is 16.6 Å². The third-order valence-corrected chi connectivity index (χ3v) is 5.06. The van der Waals surface area contributed by atoms with Crippen molar-refractivity contribution in [3.8, 4) is 11.1 Å². The van der Waals surface area contributed by atoms with Crippen molar-refractivity contribution in [3.63, 3.8) is 0 Å². The number of urea groups is 1. The van der Waals surface area contributed by atoms with Crippen LogP contribution in [-0.2, 0) is 6.18 Å². The molecular formula is C21H14ClF3N6O2. The molecule has 0 aliphatic heterocycles. The lowest BCUT2D eigenvalue weighted by Crippen LogP contribution is -2.20. The molecule has 0 atom stereocenters. The molecule has 0 aliphatic carbocycles. The van der Waals surface area contributed by atoms with Gasteiger partial charge in [0.25, 0.3) is 0 Å². The van der Waals surface area contributed by atoms with Gasteiger partial charge in [-0.25, -0.2) is 14.3 Å². The number of nitrogens with two attached hydrogens (primary N) is 1. The van der Waals surface area contributed by atoms with Crippen LogP contribution in [0.1, 0.15) is 15.9 Å². The number of fused-ring (bicyclic) bond motifs is 1. The standard InChI is InChI=1S/C21H14ClF3N6O2/c22-15-6-3-13(21(23,24)25)7-16(15)30-20(33)29-14-4-1-11(2-5-14)17-12(9-32)8-31-18(17)19(26)27-10-28-31/h1-10H,(H2,26,27,28)(H2,29,30,33). The number of amides is 2. The first-order valence-electron chi connectivity index (χ1n) is 9.29. The van der Waals surface area contributed by atoms with Crippen LogP contribution in [0.5, 0.6) is 0 Å². The molecule has 0 bridgehead atoms. The van der Waals surface area contributed by atoms with E-state index in [1.54, 1.807) is 24.3 Å². The van der Waals surface area contributed by atoms with Gasteiger partial charge < -0.3 is 16.4 Å². The molecule has 4 N–H and O–H groups in total. The minimum Gasteiger partial charge on any atom is -0.382 e. The van der Waals surface area contributed by atoms with E-state index in [-0.39, 0.29) is 16.5 Å². The first-order valence-corrected chi connectivity index (χ1v) is 9.67. The molecule has 12 heteroatoms. The highest BCUT2D eigenvalue weighted by molar-refractivity contribution is 6.33. The Morgan fingerprint density at radius 3 is 2.52 bits per heavy atom. The molecule has 2 amide bonds. The van der Waals surface area contributed by atoms with Crippen LogP contribution in [-0.4, -0.2) is 26.9 Å². The number of benzene rings is 2. The highest BCUT2D eigenvalue weighted by atomic mass is 35.5. The summed E-state index contributed by atoms with van der Waals surface area (Å²) >= 11 is 5.90. The fourth-order valence-corrected chi connectivity index (χ4v) is 3.41. The molecule has 0 unspecified atom stereocenters. The van der Waals surface area contributed by atoms with E-state index in [0.717, 1.165) is 18.2 Å². The van der Waals surface area contributed by atoms with Crippen LogP contribution in [0.2, 0.25) is 5.02 Å². The summed E-state index contributed by atoms with van der Waals surface area (Å²) in [4.78, 5) is 27.8. The monoisotopic (exact) mass is 474 g/mol. The number of anilines is 3. The lowest BCUT2D eigenvalue weighted by Gasteiger charge is -2.12. The number of halogens is 4. The van der Waals surface area contributed by atoms with Gasteiger partial charge in [0.15, 0.2) is 12.1 Å². The molecule has 4 aromatic rings. The number of nitrogens with one attached hydrogen (secondary N) is 2. The van der Waals surface area contributed by atoms with E-state index >= 15 is 0 Å². The summed E-state index contributed by atoms with van der Waals surface area (Å²) in [6.07, 6.45) is -1.12. The second kappa shape index (κ2) is 8.43. The predicted octanol–water partition coefficient (Wildman–Crippen LogP) is 5.11. The number of nitrogen functional groups attached to an aromatic ring is 1. The molecular weight excluding hydrogens is 461 g/mol. The van der Waals surface area contributed by atoms with Gasteiger partial charge in [-0.2, -0.15) is 18.3 Å². The molecule has 0 saturated carbocycles. The summed E-state index contributed by atoms with van der Waals surface area (Å²) in [6, 6.07) is 8.23. The summed E-state index contributed by atoms with van der Waals surface area (Å²) in [5.74, 6) is 0.188. The molecule has 2 aromatic heterocycles. The van der Waals surface area contributed by atoms with Gasteiger partial charge in [0.05, 0.1) is 16.3 Å². The van der Waals surface area contributed by atoms with Gasteiger partial charge >= 0.3 is 12.2 Å². The Bertz CT molecular complexity index is 1370. The SMILES string of the molecule is Nc1ncnn2cc(C=O)c(-c3ccc(NC(=O)Nc4cc(C(F)(F)F)ccc4Cl)cc3)c12. The highest BCUT2D eigenvalue weighted by Gasteiger charge is 2.31. The predicted molar refractivity (Wildman–Crippen MR) is 117 cm³/mol. The minimum absolute atomic E-state index is 0.0460. The number of carbonyl (C=O) groups is 2. The molecule has 8 nitrogen and oxygen atoms in total. The zero-order chi connectivity index (χ0) is 23.8. The van der Waals surface area contributed by atoms with Crippen molar-refractivity contribution >= 4 is 46.6 Å². The van der Waals surface area contributed by atoms with Crippen molar-refractivity contribution in [3.05, 3.63) is 71.1 Å². The molecule has 0 saturated heterocycles. The van der Waals surface area contributed by atoms with Crippen LogP contribution < -0.4 is 16.4 Å². The van der Waals surface area contributed by atoms with E-state index in [2.05, 4.69) is 20.7 Å². The fourth-order valence-electron chi connectivity index (χ4n) is 3.25. The smallest absolute Gasteiger partial charge is 0.382 e. The Hall–Kier alpha value is -4.12. The van der Waals surface area contributed by atoms with Crippen molar-refractivity contribution in [1.82, 2.24) is 14.6 Å². The van der Waals surface area contributed by atoms with E-state index in [9.17, 15) is 22.8 Å². The summed E-state index contributed by atoms with van der Waals surface area (Å²) in [5.41, 5.74) is 7.11. The molecule has 0 aliphatic rings. The Balaban J connectivity index is 1.56. The van der Waals surface area contributed by atoms with Gasteiger partial charge in [-0.05, 0) is 35.9 Å². The summed E-state index contributed by atoms with van der Waals surface area (Å²) in [5, 5.41) is 8.81. The van der Waals surface area contributed by atoms with Crippen LogP contribution in [0.4, 0.5) is 35.2 Å². The number of nitrogens with zero attached hydrogens (tertiary/aromatic N) is 3. The molecule has 0 fully saturated rings. The van der Waals surface area contributed by atoms with E-state index in [1.807, 2.05) is 0 Å². The average molecular weight is 475 g/mol. The van der Waals surface area contributed by atoms with Crippen LogP contribution >= 0.6 is 11.6 Å². The van der Waals surface area contributed by atoms with Gasteiger partial charge in [0.2, 0.25) is 0 Å². The van der Waals surface area contributed by atoms with Crippen molar-refractivity contribution in [2.45, 2.75) is 6.18 Å². The lowest BCUT2D eigenvalue weighted by atomic mass is 10.0. The van der Waals surface area contributed by atoms with E-state index in [1.165, 1.54) is 17.0 Å². The van der Waals surface area contributed by atoms with E-state index < -0.39 is 17.8 Å². The number of hydrogen-bond donors (Lipinski definition) is 3. The number of carbonyl (C=O) groups excluding carboxylic acids is 2. The first-order chi connectivity index (χ1) is 15.7. The molecule has 0 spiro atoms. The maximum atomic E-state index is 12.9. The van der Waals surface area contributed by atoms with Crippen LogP contribution in [0.15, 0.2) is 55.0 Å². The Morgan fingerprint density at radius 2 is 1.85 bits per heavy atom. The van der Waals surface area contributed by atoms with Gasteiger partial charge in [-0.1, -0.05) is 23.7 Å². The summed E-state index contributed by atoms with van der Waals surface area (Å²) in [7, 11) is 0. The second-order valence-electron chi connectivity index (χ2n) is 6.86. The maximum Gasteiger partial charge on any atom is 0.416 e. The molecule has 0 radical (unpaired) electrons. The largest absolute Gasteiger partial charge is 0.416 e. The molecule has 2 heterocycles. The average Bonchev–Trinajstić information content (AvgIpc) is 3.15. The van der Waals surface area contributed by atoms with E-state index in [0.29, 0.717) is 34.2 Å². The minimum atomic E-state index is -4.58. The molecule has 4 rings (SSSR count). The topological polar surface area (TPSA) is 114 Å². The third-order valence-electron chi connectivity index (χ3n) is 4.73. The second-order valence-corrected chi connectivity index (χ2v) is 7.27. The number of hydrogen-bond acceptors (Lipinski definition) is 5. The number of rotatable bonds is 4. The molecule has 33 heavy (non-hydrogen) atoms. The maximum absolute atomic E-state index is 12.9. The summed E-state index contributed by atoms with van der Waals surface area (Å²) in [6.45, 7) is 0. The zero-order valence-corrected chi connectivity index (χ0v) is 17.3. The van der Waals surface area contributed by atoms with Crippen LogP contribution in [0, 0.1) is 0 Å². The van der Waals surface area contributed by atoms with Gasteiger partial charge in [0, 0.05) is 23.0 Å². The number of aromatic nitrogens is 3. The molecule has 2 aromatic carbocycles. The summed E-state index contributed by atoms with van der Waals surface area (Å²) < 4.78 is 40.2. The van der Waals surface area contributed by atoms with E-state index in [4.69, 9.17) is 17.3 Å². The van der Waals surface area contributed by atoms with Crippen molar-refractivity contribution in [2.75, 3.05) is 16.4 Å². The van der Waals surface area contributed by atoms with Crippen molar-refractivity contribution < 1.29 is 22.8 Å². The fraction of sp³-hybridized carbons (Fsp3) is 0.0476. The van der Waals surface area contributed by atoms with Crippen molar-refractivity contribution in [1.29, 1.82) is 0 Å². The lowest BCUT2D eigenvalue weighted by molar-refractivity contribution is -0.137. The van der Waals surface area contributed by atoms with Gasteiger partial charge in [0.1, 0.15) is 11.8 Å². The Kier molecular flexibility index (Phi) is 5.64. The quantitative estimate of drug-likeness (QED) is 0.356. The highest BCUT2D eigenvalue weighted by Crippen LogP contribution is 2.34. The molecule has 168 valence electrons. The van der Waals surface area contributed by atoms with Crippen LogP contribution in [0.3, 0.4) is 0 Å². The normalized spacial score (nSPS) is 11.4. The zero-order valence-electron chi connectivity index (χ0n) is 16.5. The van der Waals surface area contributed by atoms with Crippen molar-refractivity contribution in [2.24, 2.45) is 0 Å². The Morgan fingerprint density at radius 1 is 1.12 bits per heavy atom. The van der Waals surface area contributed by atoms with Gasteiger partial charge in [-0.3, -0.25) is 4.79 Å². The first kappa shape index (κ1) is 22.1. The third kappa shape index (κ3) is 4.44. The Labute approximate surface area is 189 Å². The number of alkyl halides is 3. The number of aldehydes is 1.